The Labute approximate surface area is 204 Å². The highest BCUT2D eigenvalue weighted by atomic mass is 32.1. The number of halogens is 3. The van der Waals surface area contributed by atoms with E-state index in [0.29, 0.717) is 38.5 Å². The van der Waals surface area contributed by atoms with Gasteiger partial charge < -0.3 is 19.3 Å². The number of hydrogen-bond donors (Lipinski definition) is 1. The molecule has 1 atom stereocenters. The number of piperazine rings is 1. The van der Waals surface area contributed by atoms with Gasteiger partial charge in [-0.3, -0.25) is 4.90 Å². The number of hydrogen-bond acceptors (Lipinski definition) is 7. The monoisotopic (exact) mass is 503 g/mol. The van der Waals surface area contributed by atoms with Crippen LogP contribution in [0.3, 0.4) is 0 Å². The Hall–Kier alpha value is -3.08. The quantitative estimate of drug-likeness (QED) is 0.377. The normalized spacial score (nSPS) is 16.1. The van der Waals surface area contributed by atoms with E-state index in [1.807, 2.05) is 40.6 Å². The van der Waals surface area contributed by atoms with Crippen LogP contribution in [-0.4, -0.2) is 60.6 Å². The van der Waals surface area contributed by atoms with Gasteiger partial charge in [0.25, 0.3) is 0 Å². The molecule has 10 heteroatoms. The van der Waals surface area contributed by atoms with Gasteiger partial charge in [0.15, 0.2) is 5.58 Å². The Balaban J connectivity index is 1.14. The van der Waals surface area contributed by atoms with Crippen LogP contribution in [0.2, 0.25) is 0 Å². The topological polar surface area (TPSA) is 62.0 Å². The van der Waals surface area contributed by atoms with Crippen LogP contribution in [0, 0.1) is 0 Å². The molecule has 1 saturated heterocycles. The van der Waals surface area contributed by atoms with Crippen molar-refractivity contribution < 1.29 is 27.5 Å². The van der Waals surface area contributed by atoms with E-state index < -0.39 is 17.8 Å². The lowest BCUT2D eigenvalue weighted by molar-refractivity contribution is -0.137. The van der Waals surface area contributed by atoms with Crippen LogP contribution in [-0.2, 0) is 6.18 Å². The Morgan fingerprint density at radius 3 is 2.66 bits per heavy atom. The van der Waals surface area contributed by atoms with Crippen molar-refractivity contribution in [2.75, 3.05) is 44.2 Å². The van der Waals surface area contributed by atoms with Crippen LogP contribution in [0.5, 0.6) is 5.75 Å². The molecule has 1 N–H and O–H groups in total. The van der Waals surface area contributed by atoms with Gasteiger partial charge in [-0.15, -0.1) is 11.3 Å². The Bertz CT molecular complexity index is 1280. The average molecular weight is 504 g/mol. The summed E-state index contributed by atoms with van der Waals surface area (Å²) in [4.78, 5) is 3.79. The van der Waals surface area contributed by atoms with E-state index in [2.05, 4.69) is 5.16 Å². The Kier molecular flexibility index (Phi) is 6.68. The van der Waals surface area contributed by atoms with E-state index in [0.717, 1.165) is 27.6 Å². The fourth-order valence-electron chi connectivity index (χ4n) is 4.30. The van der Waals surface area contributed by atoms with Crippen LogP contribution in [0.25, 0.3) is 21.5 Å². The van der Waals surface area contributed by atoms with E-state index in [-0.39, 0.29) is 12.3 Å². The van der Waals surface area contributed by atoms with Crippen molar-refractivity contribution in [3.8, 4) is 17.0 Å². The maximum Gasteiger partial charge on any atom is 0.418 e. The van der Waals surface area contributed by atoms with Gasteiger partial charge in [0.1, 0.15) is 28.9 Å². The second-order valence-electron chi connectivity index (χ2n) is 8.44. The largest absolute Gasteiger partial charge is 0.491 e. The second-order valence-corrected chi connectivity index (χ2v) is 9.36. The van der Waals surface area contributed by atoms with Crippen LogP contribution in [0.1, 0.15) is 5.56 Å². The number of aliphatic hydroxyl groups excluding tert-OH is 1. The molecule has 1 aliphatic heterocycles. The second kappa shape index (κ2) is 9.88. The fraction of sp³-hybridized carbons (Fsp3) is 0.320. The summed E-state index contributed by atoms with van der Waals surface area (Å²) in [6.45, 7) is 2.51. The maximum atomic E-state index is 13.3. The van der Waals surface area contributed by atoms with Crippen molar-refractivity contribution in [2.24, 2.45) is 0 Å². The van der Waals surface area contributed by atoms with Gasteiger partial charge in [0.2, 0.25) is 0 Å². The molecule has 0 saturated carbocycles. The highest BCUT2D eigenvalue weighted by Crippen LogP contribution is 2.37. The van der Waals surface area contributed by atoms with Gasteiger partial charge in [-0.25, -0.2) is 0 Å². The summed E-state index contributed by atoms with van der Waals surface area (Å²) >= 11 is 1.56. The Morgan fingerprint density at radius 2 is 1.86 bits per heavy atom. The smallest absolute Gasteiger partial charge is 0.418 e. The molecule has 5 rings (SSSR count). The summed E-state index contributed by atoms with van der Waals surface area (Å²) in [5.74, 6) is 0.614. The first kappa shape index (κ1) is 23.7. The highest BCUT2D eigenvalue weighted by Gasteiger charge is 2.35. The van der Waals surface area contributed by atoms with Crippen molar-refractivity contribution in [3.05, 3.63) is 65.5 Å². The summed E-state index contributed by atoms with van der Waals surface area (Å²) < 4.78 is 52.2. The summed E-state index contributed by atoms with van der Waals surface area (Å²) in [6, 6.07) is 15.0. The number of benzene rings is 2. The van der Waals surface area contributed by atoms with E-state index in [1.54, 1.807) is 22.3 Å². The fourth-order valence-corrected chi connectivity index (χ4v) is 5.11. The van der Waals surface area contributed by atoms with E-state index in [4.69, 9.17) is 9.26 Å². The SMILES string of the molecule is OC(COc1cccc(-c2noc3ccsc23)c1)CN1CCN(c2ccccc2C(F)(F)F)CC1. The zero-order chi connectivity index (χ0) is 24.4. The number of β-amino-alcohol motifs (C(OH)–C–C–N with tert-alkyl or cyclic N) is 1. The molecular weight excluding hydrogens is 479 g/mol. The van der Waals surface area contributed by atoms with Crippen LogP contribution >= 0.6 is 11.3 Å². The van der Waals surface area contributed by atoms with Crippen molar-refractivity contribution in [3.63, 3.8) is 0 Å². The molecule has 0 bridgehead atoms. The Morgan fingerprint density at radius 1 is 1.06 bits per heavy atom. The molecule has 2 aromatic heterocycles. The molecule has 6 nitrogen and oxygen atoms in total. The average Bonchev–Trinajstić information content (AvgIpc) is 3.47. The molecule has 184 valence electrons. The lowest BCUT2D eigenvalue weighted by Crippen LogP contribution is -2.49. The predicted molar refractivity (Wildman–Crippen MR) is 129 cm³/mol. The summed E-state index contributed by atoms with van der Waals surface area (Å²) in [6.07, 6.45) is -5.12. The summed E-state index contributed by atoms with van der Waals surface area (Å²) in [7, 11) is 0. The third-order valence-corrected chi connectivity index (χ3v) is 6.92. The first-order valence-corrected chi connectivity index (χ1v) is 12.1. The zero-order valence-corrected chi connectivity index (χ0v) is 19.6. The number of rotatable bonds is 7. The molecule has 1 aliphatic rings. The zero-order valence-electron chi connectivity index (χ0n) is 18.7. The molecule has 3 heterocycles. The minimum Gasteiger partial charge on any atom is -0.491 e. The molecule has 0 radical (unpaired) electrons. The third kappa shape index (κ3) is 5.29. The number of aromatic nitrogens is 1. The van der Waals surface area contributed by atoms with Crippen molar-refractivity contribution in [2.45, 2.75) is 12.3 Å². The first-order chi connectivity index (χ1) is 16.9. The van der Waals surface area contributed by atoms with Gasteiger partial charge in [-0.1, -0.05) is 29.4 Å². The molecule has 1 unspecified atom stereocenters. The number of fused-ring (bicyclic) bond motifs is 1. The van der Waals surface area contributed by atoms with Crippen molar-refractivity contribution >= 4 is 27.3 Å². The number of alkyl halides is 3. The molecule has 0 amide bonds. The predicted octanol–water partition coefficient (Wildman–Crippen LogP) is 5.14. The van der Waals surface area contributed by atoms with Crippen molar-refractivity contribution in [1.82, 2.24) is 10.1 Å². The van der Waals surface area contributed by atoms with Crippen LogP contribution in [0.15, 0.2) is 64.5 Å². The van der Waals surface area contributed by atoms with E-state index >= 15 is 0 Å². The van der Waals surface area contributed by atoms with Gasteiger partial charge >= 0.3 is 6.18 Å². The molecule has 0 aliphatic carbocycles. The van der Waals surface area contributed by atoms with Crippen molar-refractivity contribution in [1.29, 1.82) is 0 Å². The standard InChI is InChI=1S/C25H24F3N3O3S/c26-25(27,28)20-6-1-2-7-21(20)31-11-9-30(10-12-31)15-18(32)16-33-19-5-3-4-17(14-19)23-24-22(34-29-23)8-13-35-24/h1-8,13-14,18,32H,9-12,15-16H2. The molecule has 0 spiro atoms. The number of thiophene rings is 1. The maximum absolute atomic E-state index is 13.3. The minimum atomic E-state index is -4.39. The lowest BCUT2D eigenvalue weighted by Gasteiger charge is -2.37. The lowest BCUT2D eigenvalue weighted by atomic mass is 10.1. The molecular formula is C25H24F3N3O3S. The molecule has 2 aromatic carbocycles. The number of para-hydroxylation sites is 1. The van der Waals surface area contributed by atoms with Crippen LogP contribution in [0.4, 0.5) is 18.9 Å². The molecule has 35 heavy (non-hydrogen) atoms. The van der Waals surface area contributed by atoms with Gasteiger partial charge in [0.05, 0.1) is 5.56 Å². The summed E-state index contributed by atoms with van der Waals surface area (Å²) in [5.41, 5.74) is 1.96. The number of aliphatic hydroxyl groups is 1. The first-order valence-electron chi connectivity index (χ1n) is 11.3. The van der Waals surface area contributed by atoms with Crippen LogP contribution < -0.4 is 9.64 Å². The van der Waals surface area contributed by atoms with Gasteiger partial charge in [-0.2, -0.15) is 13.2 Å². The summed E-state index contributed by atoms with van der Waals surface area (Å²) in [5, 5.41) is 16.6. The van der Waals surface area contributed by atoms with E-state index in [1.165, 1.54) is 12.1 Å². The number of nitrogens with zero attached hydrogens (tertiary/aromatic N) is 3. The molecule has 4 aromatic rings. The van der Waals surface area contributed by atoms with Gasteiger partial charge in [0, 0.05) is 44.0 Å². The molecule has 1 fully saturated rings. The number of ether oxygens (including phenoxy) is 1. The minimum absolute atomic E-state index is 0.105. The van der Waals surface area contributed by atoms with Gasteiger partial charge in [-0.05, 0) is 35.7 Å². The van der Waals surface area contributed by atoms with E-state index in [9.17, 15) is 18.3 Å². The third-order valence-electron chi connectivity index (χ3n) is 6.02. The highest BCUT2D eigenvalue weighted by molar-refractivity contribution is 7.17. The number of anilines is 1.